The summed E-state index contributed by atoms with van der Waals surface area (Å²) < 4.78 is 5.66. The van der Waals surface area contributed by atoms with Crippen molar-refractivity contribution in [2.45, 2.75) is 39.7 Å². The van der Waals surface area contributed by atoms with Crippen LogP contribution in [0.1, 0.15) is 36.8 Å². The lowest BCUT2D eigenvalue weighted by Gasteiger charge is -2.21. The molecule has 0 saturated carbocycles. The van der Waals surface area contributed by atoms with Gasteiger partial charge in [-0.15, -0.1) is 0 Å². The predicted molar refractivity (Wildman–Crippen MR) is 95.6 cm³/mol. The molecule has 2 N–H and O–H groups in total. The number of hydrogen-bond acceptors (Lipinski definition) is 2. The number of hydrogen-bond donors (Lipinski definition) is 1. The number of aryl methyl sites for hydroxylation is 1. The first-order chi connectivity index (χ1) is 11.7. The Hall–Kier alpha value is -2.07. The second-order valence-electron chi connectivity index (χ2n) is 6.20. The molecule has 0 radical (unpaired) electrons. The molecule has 1 amide bonds. The summed E-state index contributed by atoms with van der Waals surface area (Å²) in [6.07, 6.45) is 3.17. The fourth-order valence-corrected chi connectivity index (χ4v) is 2.66. The fourth-order valence-electron chi connectivity index (χ4n) is 2.66. The molecule has 4 nitrogen and oxygen atoms in total. The highest BCUT2D eigenvalue weighted by molar-refractivity contribution is 5.76. The van der Waals surface area contributed by atoms with Gasteiger partial charge in [-0.25, -0.2) is 0 Å². The number of furan rings is 1. The second kappa shape index (κ2) is 9.93. The van der Waals surface area contributed by atoms with Gasteiger partial charge in [0.25, 0.3) is 5.91 Å². The first-order valence-corrected chi connectivity index (χ1v) is 8.87. The highest BCUT2D eigenvalue weighted by Gasteiger charge is 2.17. The molecule has 0 spiro atoms. The molecule has 24 heavy (non-hydrogen) atoms. The highest BCUT2D eigenvalue weighted by atomic mass is 16.3. The van der Waals surface area contributed by atoms with Gasteiger partial charge in [0, 0.05) is 6.54 Å². The van der Waals surface area contributed by atoms with E-state index in [0.29, 0.717) is 19.6 Å². The third-order valence-electron chi connectivity index (χ3n) is 4.09. The molecule has 0 bridgehead atoms. The van der Waals surface area contributed by atoms with Gasteiger partial charge in [-0.05, 0) is 37.5 Å². The van der Waals surface area contributed by atoms with Gasteiger partial charge in [-0.3, -0.25) is 4.79 Å². The van der Waals surface area contributed by atoms with Gasteiger partial charge in [-0.1, -0.05) is 43.7 Å². The Morgan fingerprint density at radius 2 is 1.96 bits per heavy atom. The average Bonchev–Trinajstić information content (AvgIpc) is 3.01. The highest BCUT2D eigenvalue weighted by Crippen LogP contribution is 2.11. The molecule has 1 aromatic heterocycles. The minimum absolute atomic E-state index is 0.177. The molecule has 4 heteroatoms. The van der Waals surface area contributed by atoms with Crippen molar-refractivity contribution < 1.29 is 14.5 Å². The molecule has 0 aliphatic rings. The molecule has 0 fully saturated rings. The minimum Gasteiger partial charge on any atom is -0.464 e. The molecule has 130 valence electrons. The Labute approximate surface area is 144 Å². The maximum atomic E-state index is 12.6. The van der Waals surface area contributed by atoms with Crippen LogP contribution in [0, 0.1) is 6.92 Å². The van der Waals surface area contributed by atoms with Crippen LogP contribution in [0.4, 0.5) is 0 Å². The molecule has 1 heterocycles. The van der Waals surface area contributed by atoms with Crippen LogP contribution in [0.2, 0.25) is 0 Å². The van der Waals surface area contributed by atoms with Gasteiger partial charge >= 0.3 is 0 Å². The lowest BCUT2D eigenvalue weighted by atomic mass is 10.1. The normalized spacial score (nSPS) is 10.8. The quantitative estimate of drug-likeness (QED) is 0.681. The van der Waals surface area contributed by atoms with Crippen LogP contribution < -0.4 is 5.32 Å². The van der Waals surface area contributed by atoms with Gasteiger partial charge in [0.2, 0.25) is 0 Å². The van der Waals surface area contributed by atoms with Crippen molar-refractivity contribution in [3.63, 3.8) is 0 Å². The molecule has 0 aliphatic heterocycles. The van der Waals surface area contributed by atoms with Gasteiger partial charge in [-0.2, -0.15) is 0 Å². The Kier molecular flexibility index (Phi) is 7.56. The van der Waals surface area contributed by atoms with E-state index in [1.165, 1.54) is 5.56 Å². The van der Waals surface area contributed by atoms with E-state index >= 15 is 0 Å². The molecule has 1 aromatic carbocycles. The number of nitrogens with two attached hydrogens (primary N) is 1. The number of carbonyl (C=O) groups is 1. The van der Waals surface area contributed by atoms with Gasteiger partial charge in [0.15, 0.2) is 6.54 Å². The number of rotatable bonds is 10. The van der Waals surface area contributed by atoms with Gasteiger partial charge in [0.1, 0.15) is 11.5 Å². The standard InChI is InChI=1S/C20H28N2O2/c1-3-4-13-21-15-20(23)22(16-19-11-10-17(2)24-19)14-12-18-8-6-5-7-9-18/h5-11,21H,3-4,12-16H2,1-2H3/p+1. The van der Waals surface area contributed by atoms with Crippen LogP contribution >= 0.6 is 0 Å². The zero-order valence-corrected chi connectivity index (χ0v) is 14.8. The molecule has 0 atom stereocenters. The summed E-state index contributed by atoms with van der Waals surface area (Å²) in [5.74, 6) is 1.91. The van der Waals surface area contributed by atoms with E-state index in [-0.39, 0.29) is 5.91 Å². The molecule has 2 rings (SSSR count). The second-order valence-corrected chi connectivity index (χ2v) is 6.20. The van der Waals surface area contributed by atoms with Crippen LogP contribution in [0.3, 0.4) is 0 Å². The molecular formula is C20H29N2O2+. The molecular weight excluding hydrogens is 300 g/mol. The van der Waals surface area contributed by atoms with Crippen molar-refractivity contribution in [2.24, 2.45) is 0 Å². The molecule has 0 aliphatic carbocycles. The van der Waals surface area contributed by atoms with E-state index in [1.54, 1.807) is 0 Å². The van der Waals surface area contributed by atoms with Crippen molar-refractivity contribution in [1.82, 2.24) is 4.90 Å². The lowest BCUT2D eigenvalue weighted by molar-refractivity contribution is -0.644. The van der Waals surface area contributed by atoms with Crippen molar-refractivity contribution in [2.75, 3.05) is 19.6 Å². The Bertz CT molecular complexity index is 607. The number of nitrogens with zero attached hydrogens (tertiary/aromatic N) is 1. The minimum atomic E-state index is 0.177. The van der Waals surface area contributed by atoms with Crippen LogP contribution in [0.25, 0.3) is 0 Å². The van der Waals surface area contributed by atoms with Crippen molar-refractivity contribution in [3.8, 4) is 0 Å². The lowest BCUT2D eigenvalue weighted by Crippen LogP contribution is -2.86. The molecule has 2 aromatic rings. The Morgan fingerprint density at radius 1 is 1.17 bits per heavy atom. The summed E-state index contributed by atoms with van der Waals surface area (Å²) in [5, 5.41) is 2.11. The van der Waals surface area contributed by atoms with Crippen molar-refractivity contribution >= 4 is 5.91 Å². The summed E-state index contributed by atoms with van der Waals surface area (Å²) >= 11 is 0. The summed E-state index contributed by atoms with van der Waals surface area (Å²) in [6, 6.07) is 14.2. The van der Waals surface area contributed by atoms with Gasteiger partial charge in [0.05, 0.1) is 13.1 Å². The molecule has 0 saturated heterocycles. The zero-order chi connectivity index (χ0) is 17.2. The summed E-state index contributed by atoms with van der Waals surface area (Å²) in [4.78, 5) is 14.5. The van der Waals surface area contributed by atoms with E-state index in [0.717, 1.165) is 37.3 Å². The third kappa shape index (κ3) is 6.20. The average molecular weight is 329 g/mol. The van der Waals surface area contributed by atoms with Crippen LogP contribution in [-0.2, 0) is 17.8 Å². The van der Waals surface area contributed by atoms with Crippen molar-refractivity contribution in [1.29, 1.82) is 0 Å². The largest absolute Gasteiger partial charge is 0.464 e. The van der Waals surface area contributed by atoms with Crippen LogP contribution in [0.15, 0.2) is 46.9 Å². The first-order valence-electron chi connectivity index (χ1n) is 8.87. The van der Waals surface area contributed by atoms with Crippen LogP contribution in [-0.4, -0.2) is 30.4 Å². The maximum absolute atomic E-state index is 12.6. The number of amides is 1. The number of quaternary nitrogens is 1. The zero-order valence-electron chi connectivity index (χ0n) is 14.8. The summed E-state index contributed by atoms with van der Waals surface area (Å²) in [6.45, 7) is 6.87. The van der Waals surface area contributed by atoms with Crippen molar-refractivity contribution in [3.05, 3.63) is 59.5 Å². The number of unbranched alkanes of at least 4 members (excludes halogenated alkanes) is 1. The Morgan fingerprint density at radius 3 is 2.62 bits per heavy atom. The topological polar surface area (TPSA) is 50.1 Å². The van der Waals surface area contributed by atoms with Crippen LogP contribution in [0.5, 0.6) is 0 Å². The smallest absolute Gasteiger partial charge is 0.278 e. The maximum Gasteiger partial charge on any atom is 0.278 e. The first kappa shape index (κ1) is 18.3. The number of benzene rings is 1. The SMILES string of the molecule is CCCC[NH2+]CC(=O)N(CCc1ccccc1)Cc1ccc(C)o1. The monoisotopic (exact) mass is 329 g/mol. The van der Waals surface area contributed by atoms with E-state index in [2.05, 4.69) is 24.4 Å². The molecule has 0 unspecified atom stereocenters. The summed E-state index contributed by atoms with van der Waals surface area (Å²) in [7, 11) is 0. The van der Waals surface area contributed by atoms with E-state index in [9.17, 15) is 4.79 Å². The van der Waals surface area contributed by atoms with E-state index in [4.69, 9.17) is 4.42 Å². The summed E-state index contributed by atoms with van der Waals surface area (Å²) in [5.41, 5.74) is 1.25. The van der Waals surface area contributed by atoms with E-state index < -0.39 is 0 Å². The fraction of sp³-hybridized carbons (Fsp3) is 0.450. The predicted octanol–water partition coefficient (Wildman–Crippen LogP) is 2.52. The Balaban J connectivity index is 1.93. The van der Waals surface area contributed by atoms with E-state index in [1.807, 2.05) is 42.2 Å². The van der Waals surface area contributed by atoms with Gasteiger partial charge < -0.3 is 14.6 Å². The number of carbonyl (C=O) groups excluding carboxylic acids is 1. The third-order valence-corrected chi connectivity index (χ3v) is 4.09.